The smallest absolute Gasteiger partial charge is 0.257 e. The largest absolute Gasteiger partial charge is 0.342 e. The van der Waals surface area contributed by atoms with E-state index < -0.39 is 0 Å². The van der Waals surface area contributed by atoms with Crippen molar-refractivity contribution in [2.75, 3.05) is 10.6 Å². The Labute approximate surface area is 226 Å². The molecule has 0 atom stereocenters. The first kappa shape index (κ1) is 24.1. The highest BCUT2D eigenvalue weighted by Crippen LogP contribution is 2.27. The molecule has 0 radical (unpaired) electrons. The molecular weight excluding hydrogens is 484 g/mol. The van der Waals surface area contributed by atoms with Gasteiger partial charge in [0.2, 0.25) is 5.95 Å². The normalized spacial score (nSPS) is 10.9. The molecule has 1 amide bonds. The van der Waals surface area contributed by atoms with Gasteiger partial charge in [-0.1, -0.05) is 54.6 Å². The van der Waals surface area contributed by atoms with Crippen LogP contribution in [0.4, 0.5) is 17.3 Å². The summed E-state index contributed by atoms with van der Waals surface area (Å²) in [4.78, 5) is 26.7. The fraction of sp³-hybridized carbons (Fsp3) is 0.0625. The molecule has 0 saturated carbocycles. The van der Waals surface area contributed by atoms with Crippen molar-refractivity contribution in [3.63, 3.8) is 0 Å². The molecule has 39 heavy (non-hydrogen) atoms. The topological polar surface area (TPSA) is 84.7 Å². The average molecular weight is 511 g/mol. The molecule has 190 valence electrons. The van der Waals surface area contributed by atoms with Crippen molar-refractivity contribution < 1.29 is 4.79 Å². The molecule has 0 fully saturated rings. The lowest BCUT2D eigenvalue weighted by atomic mass is 10.1. The Hall–Kier alpha value is -5.30. The van der Waals surface area contributed by atoms with Crippen LogP contribution in [0.5, 0.6) is 0 Å². The van der Waals surface area contributed by atoms with Crippen molar-refractivity contribution in [1.29, 1.82) is 0 Å². The second kappa shape index (κ2) is 10.6. The van der Waals surface area contributed by atoms with E-state index in [2.05, 4.69) is 42.3 Å². The van der Waals surface area contributed by atoms with Gasteiger partial charge in [-0.2, -0.15) is 0 Å². The molecule has 6 aromatic rings. The highest BCUT2D eigenvalue weighted by molar-refractivity contribution is 6.13. The van der Waals surface area contributed by atoms with E-state index in [1.54, 1.807) is 18.6 Å². The zero-order valence-corrected chi connectivity index (χ0v) is 21.4. The molecule has 0 spiro atoms. The Morgan fingerprint density at radius 1 is 0.897 bits per heavy atom. The van der Waals surface area contributed by atoms with Crippen molar-refractivity contribution in [3.05, 3.63) is 132 Å². The number of nitrogens with zero attached hydrogens (tertiary/aromatic N) is 4. The van der Waals surface area contributed by atoms with Gasteiger partial charge >= 0.3 is 0 Å². The number of benzene rings is 3. The molecule has 3 heterocycles. The Balaban J connectivity index is 1.25. The van der Waals surface area contributed by atoms with Gasteiger partial charge in [-0.15, -0.1) is 0 Å². The van der Waals surface area contributed by atoms with E-state index in [9.17, 15) is 4.79 Å². The van der Waals surface area contributed by atoms with Crippen LogP contribution in [0, 0.1) is 6.92 Å². The van der Waals surface area contributed by atoms with Crippen molar-refractivity contribution >= 4 is 34.1 Å². The highest BCUT2D eigenvalue weighted by atomic mass is 16.1. The fourth-order valence-electron chi connectivity index (χ4n) is 4.59. The summed E-state index contributed by atoms with van der Waals surface area (Å²) in [7, 11) is 0. The summed E-state index contributed by atoms with van der Waals surface area (Å²) in [6, 6.07) is 29.7. The fourth-order valence-corrected chi connectivity index (χ4v) is 4.59. The predicted molar refractivity (Wildman–Crippen MR) is 155 cm³/mol. The summed E-state index contributed by atoms with van der Waals surface area (Å²) in [5.41, 5.74) is 6.99. The number of hydrogen-bond donors (Lipinski definition) is 2. The molecule has 0 saturated heterocycles. The Morgan fingerprint density at radius 3 is 2.59 bits per heavy atom. The number of nitrogens with one attached hydrogen (secondary N) is 2. The number of hydrogen-bond acceptors (Lipinski definition) is 5. The molecule has 0 unspecified atom stereocenters. The van der Waals surface area contributed by atoms with E-state index in [4.69, 9.17) is 0 Å². The van der Waals surface area contributed by atoms with Crippen LogP contribution in [0.2, 0.25) is 0 Å². The van der Waals surface area contributed by atoms with Gasteiger partial charge < -0.3 is 15.2 Å². The number of carbonyl (C=O) groups excluding carboxylic acids is 1. The van der Waals surface area contributed by atoms with Gasteiger partial charge in [-0.25, -0.2) is 9.97 Å². The minimum atomic E-state index is -0.164. The molecule has 3 aromatic heterocycles. The molecule has 3 aromatic carbocycles. The number of rotatable bonds is 7. The van der Waals surface area contributed by atoms with Crippen LogP contribution in [0.25, 0.3) is 22.2 Å². The van der Waals surface area contributed by atoms with Crippen LogP contribution in [0.1, 0.15) is 21.5 Å². The Morgan fingerprint density at radius 2 is 1.74 bits per heavy atom. The van der Waals surface area contributed by atoms with Crippen molar-refractivity contribution in [2.45, 2.75) is 13.5 Å². The number of aromatic nitrogens is 4. The number of anilines is 3. The van der Waals surface area contributed by atoms with E-state index in [0.29, 0.717) is 23.7 Å². The van der Waals surface area contributed by atoms with Crippen molar-refractivity contribution in [3.8, 4) is 11.3 Å². The van der Waals surface area contributed by atoms with Crippen LogP contribution in [0.15, 0.2) is 116 Å². The molecule has 0 aliphatic carbocycles. The summed E-state index contributed by atoms with van der Waals surface area (Å²) >= 11 is 0. The van der Waals surface area contributed by atoms with Crippen LogP contribution in [0.3, 0.4) is 0 Å². The SMILES string of the molecule is Cc1ccc(NC(=O)c2cn(Cc3ccccc3)c3ccccc23)cc1Nc1nccc(-c2cccnc2)n1. The van der Waals surface area contributed by atoms with Crippen LogP contribution < -0.4 is 10.6 Å². The molecule has 7 nitrogen and oxygen atoms in total. The third kappa shape index (κ3) is 5.24. The third-order valence-corrected chi connectivity index (χ3v) is 6.58. The van der Waals surface area contributed by atoms with Gasteiger partial charge in [0, 0.05) is 59.2 Å². The summed E-state index contributed by atoms with van der Waals surface area (Å²) in [6.45, 7) is 2.68. The van der Waals surface area contributed by atoms with Crippen LogP contribution in [-0.2, 0) is 6.54 Å². The number of aryl methyl sites for hydroxylation is 1. The predicted octanol–water partition coefficient (Wildman–Crippen LogP) is 6.85. The molecule has 0 aliphatic heterocycles. The van der Waals surface area contributed by atoms with Crippen molar-refractivity contribution in [2.24, 2.45) is 0 Å². The first-order valence-corrected chi connectivity index (χ1v) is 12.7. The standard InChI is InChI=1S/C32H26N6O/c1-22-13-14-25(18-29(22)37-32-34-17-15-28(36-32)24-10-7-16-33-19-24)35-31(39)27-21-38(20-23-8-3-2-4-9-23)30-12-6-5-11-26(27)30/h2-19,21H,20H2,1H3,(H,35,39)(H,34,36,37). The zero-order chi connectivity index (χ0) is 26.6. The van der Waals surface area contributed by atoms with Crippen molar-refractivity contribution in [1.82, 2.24) is 19.5 Å². The van der Waals surface area contributed by atoms with Gasteiger partial charge in [-0.3, -0.25) is 9.78 Å². The maximum atomic E-state index is 13.5. The second-order valence-corrected chi connectivity index (χ2v) is 9.29. The summed E-state index contributed by atoms with van der Waals surface area (Å²) in [6.07, 6.45) is 7.14. The number of pyridine rings is 1. The third-order valence-electron chi connectivity index (χ3n) is 6.58. The van der Waals surface area contributed by atoms with E-state index >= 15 is 0 Å². The van der Waals surface area contributed by atoms with Crippen LogP contribution in [-0.4, -0.2) is 25.4 Å². The summed E-state index contributed by atoms with van der Waals surface area (Å²) in [5, 5.41) is 7.29. The zero-order valence-electron chi connectivity index (χ0n) is 21.4. The first-order chi connectivity index (χ1) is 19.1. The molecule has 0 aliphatic rings. The number of fused-ring (bicyclic) bond motifs is 1. The average Bonchev–Trinajstić information content (AvgIpc) is 3.34. The lowest BCUT2D eigenvalue weighted by Gasteiger charge is -2.12. The minimum Gasteiger partial charge on any atom is -0.342 e. The van der Waals surface area contributed by atoms with E-state index in [0.717, 1.165) is 33.4 Å². The van der Waals surface area contributed by atoms with Gasteiger partial charge in [0.15, 0.2) is 0 Å². The van der Waals surface area contributed by atoms with Crippen LogP contribution >= 0.6 is 0 Å². The maximum absolute atomic E-state index is 13.5. The quantitative estimate of drug-likeness (QED) is 0.245. The number of carbonyl (C=O) groups is 1. The number of para-hydroxylation sites is 1. The maximum Gasteiger partial charge on any atom is 0.257 e. The lowest BCUT2D eigenvalue weighted by molar-refractivity contribution is 0.102. The van der Waals surface area contributed by atoms with Gasteiger partial charge in [0.25, 0.3) is 5.91 Å². The van der Waals surface area contributed by atoms with E-state index in [1.165, 1.54) is 5.56 Å². The highest BCUT2D eigenvalue weighted by Gasteiger charge is 2.16. The summed E-state index contributed by atoms with van der Waals surface area (Å²) in [5.74, 6) is 0.301. The Kier molecular flexibility index (Phi) is 6.53. The van der Waals surface area contributed by atoms with Gasteiger partial charge in [0.1, 0.15) is 0 Å². The number of amides is 1. The van der Waals surface area contributed by atoms with Gasteiger partial charge in [0.05, 0.1) is 11.3 Å². The van der Waals surface area contributed by atoms with Gasteiger partial charge in [-0.05, 0) is 54.4 Å². The second-order valence-electron chi connectivity index (χ2n) is 9.29. The molecule has 0 bridgehead atoms. The minimum absolute atomic E-state index is 0.164. The molecule has 7 heteroatoms. The lowest BCUT2D eigenvalue weighted by Crippen LogP contribution is -2.12. The summed E-state index contributed by atoms with van der Waals surface area (Å²) < 4.78 is 2.12. The monoisotopic (exact) mass is 510 g/mol. The molecule has 2 N–H and O–H groups in total. The Bertz CT molecular complexity index is 1760. The molecule has 6 rings (SSSR count). The van der Waals surface area contributed by atoms with E-state index in [-0.39, 0.29) is 5.91 Å². The first-order valence-electron chi connectivity index (χ1n) is 12.7. The molecular formula is C32H26N6O. The van der Waals surface area contributed by atoms with E-state index in [1.807, 2.05) is 92.0 Å².